The molecule has 27 heavy (non-hydrogen) atoms. The average molecular weight is 386 g/mol. The van der Waals surface area contributed by atoms with Gasteiger partial charge in [0.2, 0.25) is 5.88 Å². The molecule has 1 aromatic carbocycles. The number of fused-ring (bicyclic) bond motifs is 3. The van der Waals surface area contributed by atoms with Gasteiger partial charge in [-0.3, -0.25) is 0 Å². The number of hydrogen-bond donors (Lipinski definition) is 1. The molecule has 1 aliphatic rings. The molecule has 7 nitrogen and oxygen atoms in total. The van der Waals surface area contributed by atoms with Crippen molar-refractivity contribution in [3.8, 4) is 11.6 Å². The van der Waals surface area contributed by atoms with Gasteiger partial charge in [0.25, 0.3) is 0 Å². The Kier molecular flexibility index (Phi) is 4.84. The van der Waals surface area contributed by atoms with Crippen LogP contribution in [0.1, 0.15) is 25.7 Å². The summed E-state index contributed by atoms with van der Waals surface area (Å²) in [6.45, 7) is 0. The highest BCUT2D eigenvalue weighted by Crippen LogP contribution is 2.39. The van der Waals surface area contributed by atoms with E-state index in [4.69, 9.17) is 15.2 Å². The molecule has 0 spiro atoms. The monoisotopic (exact) mass is 386 g/mol. The van der Waals surface area contributed by atoms with Crippen LogP contribution in [-0.4, -0.2) is 47.2 Å². The molecule has 3 aromatic rings. The number of ether oxygens (including phenoxy) is 2. The second-order valence-corrected chi connectivity index (χ2v) is 8.08. The van der Waals surface area contributed by atoms with E-state index in [1.807, 2.05) is 6.07 Å². The zero-order valence-electron chi connectivity index (χ0n) is 15.3. The molecule has 1 fully saturated rings. The van der Waals surface area contributed by atoms with Gasteiger partial charge in [0.05, 0.1) is 5.39 Å². The maximum absolute atomic E-state index is 11.1. The molecule has 1 amide bonds. The molecule has 8 heteroatoms. The minimum absolute atomic E-state index is 0.152. The van der Waals surface area contributed by atoms with E-state index in [9.17, 15) is 4.79 Å². The van der Waals surface area contributed by atoms with Crippen LogP contribution in [0.4, 0.5) is 4.79 Å². The Labute approximate surface area is 161 Å². The summed E-state index contributed by atoms with van der Waals surface area (Å²) < 4.78 is 12.3. The molecule has 0 aliphatic heterocycles. The SMILES string of the molecule is CN(C)[C@H]1CC[C@H](Oc2ncnc3sc4ccc(OC(N)=O)cc4c23)CC1. The van der Waals surface area contributed by atoms with E-state index in [-0.39, 0.29) is 6.10 Å². The Hall–Kier alpha value is -2.45. The highest BCUT2D eigenvalue weighted by atomic mass is 32.1. The number of nitrogens with zero attached hydrogens (tertiary/aromatic N) is 3. The van der Waals surface area contributed by atoms with Crippen molar-refractivity contribution >= 4 is 37.7 Å². The maximum Gasteiger partial charge on any atom is 0.409 e. The first kappa shape index (κ1) is 17.9. The molecule has 4 rings (SSSR count). The molecule has 0 unspecified atom stereocenters. The zero-order valence-corrected chi connectivity index (χ0v) is 16.2. The number of nitrogens with two attached hydrogens (primary N) is 1. The van der Waals surface area contributed by atoms with Crippen molar-refractivity contribution in [2.24, 2.45) is 5.73 Å². The van der Waals surface area contributed by atoms with Crippen LogP contribution in [0.25, 0.3) is 20.3 Å². The number of primary amides is 1. The van der Waals surface area contributed by atoms with Crippen LogP contribution in [0, 0.1) is 0 Å². The Morgan fingerprint density at radius 3 is 2.70 bits per heavy atom. The Morgan fingerprint density at radius 1 is 1.22 bits per heavy atom. The number of carbonyl (C=O) groups excluding carboxylic acids is 1. The first-order valence-electron chi connectivity index (χ1n) is 8.99. The van der Waals surface area contributed by atoms with Crippen molar-refractivity contribution in [2.75, 3.05) is 14.1 Å². The van der Waals surface area contributed by atoms with E-state index in [0.29, 0.717) is 17.7 Å². The Bertz CT molecular complexity index is 980. The normalized spacial score (nSPS) is 20.3. The van der Waals surface area contributed by atoms with E-state index in [1.165, 1.54) is 0 Å². The Morgan fingerprint density at radius 2 is 2.00 bits per heavy atom. The highest BCUT2D eigenvalue weighted by molar-refractivity contribution is 7.25. The molecule has 2 aromatic heterocycles. The fourth-order valence-corrected chi connectivity index (χ4v) is 4.68. The summed E-state index contributed by atoms with van der Waals surface area (Å²) in [5.74, 6) is 0.992. The molecule has 142 valence electrons. The number of hydrogen-bond acceptors (Lipinski definition) is 7. The second kappa shape index (κ2) is 7.28. The van der Waals surface area contributed by atoms with E-state index in [1.54, 1.807) is 29.8 Å². The first-order chi connectivity index (χ1) is 13.0. The fourth-order valence-electron chi connectivity index (χ4n) is 3.67. The van der Waals surface area contributed by atoms with Gasteiger partial charge >= 0.3 is 6.09 Å². The summed E-state index contributed by atoms with van der Waals surface area (Å²) in [5, 5.41) is 1.77. The minimum atomic E-state index is -0.834. The van der Waals surface area contributed by atoms with Gasteiger partial charge in [-0.25, -0.2) is 14.8 Å². The van der Waals surface area contributed by atoms with Crippen molar-refractivity contribution in [3.63, 3.8) is 0 Å². The third kappa shape index (κ3) is 3.68. The summed E-state index contributed by atoms with van der Waals surface area (Å²) in [5.41, 5.74) is 5.13. The van der Waals surface area contributed by atoms with Crippen LogP contribution in [0.3, 0.4) is 0 Å². The molecule has 0 saturated heterocycles. The van der Waals surface area contributed by atoms with Gasteiger partial charge in [0.1, 0.15) is 23.0 Å². The van der Waals surface area contributed by atoms with Crippen LogP contribution >= 0.6 is 11.3 Å². The molecular formula is C19H22N4O3S. The van der Waals surface area contributed by atoms with Crippen molar-refractivity contribution in [3.05, 3.63) is 24.5 Å². The Balaban J connectivity index is 1.65. The topological polar surface area (TPSA) is 90.6 Å². The zero-order chi connectivity index (χ0) is 19.0. The number of thiophene rings is 1. The summed E-state index contributed by atoms with van der Waals surface area (Å²) in [6, 6.07) is 6.02. The summed E-state index contributed by atoms with van der Waals surface area (Å²) in [4.78, 5) is 23.0. The number of aromatic nitrogens is 2. The predicted molar refractivity (Wildman–Crippen MR) is 105 cm³/mol. The third-order valence-electron chi connectivity index (χ3n) is 5.08. The highest BCUT2D eigenvalue weighted by Gasteiger charge is 2.25. The smallest absolute Gasteiger partial charge is 0.409 e. The lowest BCUT2D eigenvalue weighted by Crippen LogP contribution is -2.35. The number of carbonyl (C=O) groups is 1. The van der Waals surface area contributed by atoms with E-state index in [2.05, 4.69) is 29.0 Å². The maximum atomic E-state index is 11.1. The molecule has 0 bridgehead atoms. The number of rotatable bonds is 4. The molecule has 2 N–H and O–H groups in total. The quantitative estimate of drug-likeness (QED) is 0.737. The van der Waals surface area contributed by atoms with Gasteiger partial charge in [-0.15, -0.1) is 11.3 Å². The van der Waals surface area contributed by atoms with Crippen LogP contribution in [0.15, 0.2) is 24.5 Å². The standard InChI is InChI=1S/C19H22N4O3S/c1-23(2)11-3-5-12(6-4-11)25-17-16-14-9-13(26-19(20)24)7-8-15(14)27-18(16)22-10-21-17/h7-12H,3-6H2,1-2H3,(H2,20,24)/t11-,12-. The van der Waals surface area contributed by atoms with Crippen molar-refractivity contribution in [1.29, 1.82) is 0 Å². The average Bonchev–Trinajstić information content (AvgIpc) is 3.00. The number of benzene rings is 1. The van der Waals surface area contributed by atoms with E-state index in [0.717, 1.165) is 46.0 Å². The van der Waals surface area contributed by atoms with E-state index < -0.39 is 6.09 Å². The van der Waals surface area contributed by atoms with E-state index >= 15 is 0 Å². The van der Waals surface area contributed by atoms with Crippen molar-refractivity contribution in [1.82, 2.24) is 14.9 Å². The summed E-state index contributed by atoms with van der Waals surface area (Å²) in [7, 11) is 4.26. The fraction of sp³-hybridized carbons (Fsp3) is 0.421. The van der Waals surface area contributed by atoms with Crippen LogP contribution in [0.2, 0.25) is 0 Å². The minimum Gasteiger partial charge on any atom is -0.474 e. The molecule has 1 saturated carbocycles. The van der Waals surface area contributed by atoms with Gasteiger partial charge < -0.3 is 20.1 Å². The molecule has 2 heterocycles. The lowest BCUT2D eigenvalue weighted by Gasteiger charge is -2.32. The molecule has 0 radical (unpaired) electrons. The van der Waals surface area contributed by atoms with Crippen LogP contribution in [-0.2, 0) is 0 Å². The van der Waals surface area contributed by atoms with Gasteiger partial charge in [-0.2, -0.15) is 0 Å². The van der Waals surface area contributed by atoms with Crippen molar-refractivity contribution in [2.45, 2.75) is 37.8 Å². The summed E-state index contributed by atoms with van der Waals surface area (Å²) in [6.07, 6.45) is 5.11. The van der Waals surface area contributed by atoms with Gasteiger partial charge in [0.15, 0.2) is 0 Å². The van der Waals surface area contributed by atoms with Gasteiger partial charge in [0, 0.05) is 16.1 Å². The van der Waals surface area contributed by atoms with Gasteiger partial charge in [-0.05, 0) is 58.0 Å². The third-order valence-corrected chi connectivity index (χ3v) is 6.15. The largest absolute Gasteiger partial charge is 0.474 e. The molecular weight excluding hydrogens is 364 g/mol. The lowest BCUT2D eigenvalue weighted by atomic mass is 9.92. The van der Waals surface area contributed by atoms with Crippen molar-refractivity contribution < 1.29 is 14.3 Å². The van der Waals surface area contributed by atoms with Gasteiger partial charge in [-0.1, -0.05) is 0 Å². The second-order valence-electron chi connectivity index (χ2n) is 7.05. The molecule has 1 aliphatic carbocycles. The first-order valence-corrected chi connectivity index (χ1v) is 9.80. The lowest BCUT2D eigenvalue weighted by molar-refractivity contribution is 0.108. The predicted octanol–water partition coefficient (Wildman–Crippen LogP) is 3.55. The molecule has 0 atom stereocenters. The van der Waals surface area contributed by atoms with Crippen LogP contribution in [0.5, 0.6) is 11.6 Å². The number of amides is 1. The summed E-state index contributed by atoms with van der Waals surface area (Å²) >= 11 is 1.56. The van der Waals surface area contributed by atoms with Crippen LogP contribution < -0.4 is 15.2 Å².